The van der Waals surface area contributed by atoms with Gasteiger partial charge in [-0.15, -0.1) is 0 Å². The molecule has 0 bridgehead atoms. The molecule has 0 spiro atoms. The van der Waals surface area contributed by atoms with Crippen molar-refractivity contribution in [3.63, 3.8) is 0 Å². The molecular weight excluding hydrogens is 360 g/mol. The maximum Gasteiger partial charge on any atom is 0.231 e. The van der Waals surface area contributed by atoms with Crippen molar-refractivity contribution in [2.75, 3.05) is 5.32 Å². The molecule has 132 valence electrons. The maximum absolute atomic E-state index is 13.8. The zero-order valence-corrected chi connectivity index (χ0v) is 14.5. The Hall–Kier alpha value is -2.60. The van der Waals surface area contributed by atoms with Crippen molar-refractivity contribution in [1.29, 1.82) is 0 Å². The smallest absolute Gasteiger partial charge is 0.231 e. The SMILES string of the molecule is Cc1c(F)cncc1-c1cc(Cl)c2cnc(NC(=O)C3CC3F)cc2c1. The lowest BCUT2D eigenvalue weighted by atomic mass is 10.00. The van der Waals surface area contributed by atoms with Crippen LogP contribution in [0.15, 0.2) is 36.8 Å². The molecule has 4 nitrogen and oxygen atoms in total. The number of halogens is 3. The van der Waals surface area contributed by atoms with E-state index in [0.717, 1.165) is 11.6 Å². The molecule has 1 amide bonds. The Morgan fingerprint density at radius 1 is 1.27 bits per heavy atom. The minimum Gasteiger partial charge on any atom is -0.310 e. The highest BCUT2D eigenvalue weighted by molar-refractivity contribution is 6.36. The molecule has 4 rings (SSSR count). The number of carbonyl (C=O) groups is 1. The molecule has 2 aromatic heterocycles. The van der Waals surface area contributed by atoms with Crippen LogP contribution in [0.2, 0.25) is 5.02 Å². The first-order valence-corrected chi connectivity index (χ1v) is 8.46. The van der Waals surface area contributed by atoms with Crippen molar-refractivity contribution in [3.05, 3.63) is 53.2 Å². The number of rotatable bonds is 3. The number of hydrogen-bond acceptors (Lipinski definition) is 3. The van der Waals surface area contributed by atoms with E-state index in [1.807, 2.05) is 6.07 Å². The third-order valence-corrected chi connectivity index (χ3v) is 4.86. The first-order valence-electron chi connectivity index (χ1n) is 8.09. The number of carbonyl (C=O) groups excluding carboxylic acids is 1. The topological polar surface area (TPSA) is 54.9 Å². The molecule has 2 heterocycles. The molecule has 2 atom stereocenters. The highest BCUT2D eigenvalue weighted by atomic mass is 35.5. The molecule has 26 heavy (non-hydrogen) atoms. The molecule has 1 aliphatic carbocycles. The quantitative estimate of drug-likeness (QED) is 0.724. The third-order valence-electron chi connectivity index (χ3n) is 4.55. The summed E-state index contributed by atoms with van der Waals surface area (Å²) in [5.74, 6) is -1.05. The Bertz CT molecular complexity index is 1040. The van der Waals surface area contributed by atoms with Crippen LogP contribution in [0, 0.1) is 18.7 Å². The number of benzene rings is 1. The monoisotopic (exact) mass is 373 g/mol. The summed E-state index contributed by atoms with van der Waals surface area (Å²) in [7, 11) is 0. The number of pyridine rings is 2. The third kappa shape index (κ3) is 3.01. The summed E-state index contributed by atoms with van der Waals surface area (Å²) in [6, 6.07) is 5.22. The van der Waals surface area contributed by atoms with Crippen LogP contribution in [0.3, 0.4) is 0 Å². The lowest BCUT2D eigenvalue weighted by Crippen LogP contribution is -2.15. The highest BCUT2D eigenvalue weighted by Gasteiger charge is 2.43. The average molecular weight is 374 g/mol. The molecule has 0 radical (unpaired) electrons. The second kappa shape index (κ2) is 6.29. The molecule has 2 unspecified atom stereocenters. The van der Waals surface area contributed by atoms with E-state index >= 15 is 0 Å². The predicted molar refractivity (Wildman–Crippen MR) is 96.3 cm³/mol. The van der Waals surface area contributed by atoms with Crippen molar-refractivity contribution < 1.29 is 13.6 Å². The van der Waals surface area contributed by atoms with Gasteiger partial charge in [0.25, 0.3) is 0 Å². The summed E-state index contributed by atoms with van der Waals surface area (Å²) in [4.78, 5) is 20.0. The largest absolute Gasteiger partial charge is 0.310 e. The first-order chi connectivity index (χ1) is 12.4. The summed E-state index contributed by atoms with van der Waals surface area (Å²) < 4.78 is 26.8. The first kappa shape index (κ1) is 16.8. The van der Waals surface area contributed by atoms with E-state index in [4.69, 9.17) is 11.6 Å². The number of hydrogen-bond donors (Lipinski definition) is 1. The predicted octanol–water partition coefficient (Wildman–Crippen LogP) is 4.69. The molecular formula is C19H14ClF2N3O. The maximum atomic E-state index is 13.8. The summed E-state index contributed by atoms with van der Waals surface area (Å²) in [5, 5.41) is 4.51. The Morgan fingerprint density at radius 3 is 2.77 bits per heavy atom. The van der Waals surface area contributed by atoms with Crippen molar-refractivity contribution >= 4 is 34.1 Å². The Kier molecular flexibility index (Phi) is 4.07. The van der Waals surface area contributed by atoms with Gasteiger partial charge in [-0.25, -0.2) is 13.8 Å². The van der Waals surface area contributed by atoms with Crippen LogP contribution in [0.25, 0.3) is 21.9 Å². The van der Waals surface area contributed by atoms with Gasteiger partial charge in [0.05, 0.1) is 17.1 Å². The summed E-state index contributed by atoms with van der Waals surface area (Å²) in [6.45, 7) is 1.67. The molecule has 7 heteroatoms. The van der Waals surface area contributed by atoms with Crippen LogP contribution < -0.4 is 5.32 Å². The van der Waals surface area contributed by atoms with E-state index in [-0.39, 0.29) is 12.3 Å². The van der Waals surface area contributed by atoms with Crippen molar-refractivity contribution in [2.45, 2.75) is 19.5 Å². The fourth-order valence-electron chi connectivity index (χ4n) is 2.88. The molecule has 3 aromatic rings. The van der Waals surface area contributed by atoms with E-state index in [9.17, 15) is 13.6 Å². The van der Waals surface area contributed by atoms with Gasteiger partial charge in [-0.05, 0) is 48.1 Å². The Balaban J connectivity index is 1.74. The molecule has 1 aliphatic rings. The number of nitrogens with one attached hydrogen (secondary N) is 1. The summed E-state index contributed by atoms with van der Waals surface area (Å²) in [6.07, 6.45) is 3.47. The number of aromatic nitrogens is 2. The molecule has 1 saturated carbocycles. The fourth-order valence-corrected chi connectivity index (χ4v) is 3.16. The minimum absolute atomic E-state index is 0.251. The average Bonchev–Trinajstić information content (AvgIpc) is 3.34. The van der Waals surface area contributed by atoms with Crippen LogP contribution in [0.4, 0.5) is 14.6 Å². The zero-order valence-electron chi connectivity index (χ0n) is 13.8. The molecule has 1 N–H and O–H groups in total. The molecule has 1 fully saturated rings. The number of alkyl halides is 1. The normalized spacial score (nSPS) is 18.8. The second-order valence-corrected chi connectivity index (χ2v) is 6.80. The van der Waals surface area contributed by atoms with Crippen molar-refractivity contribution in [1.82, 2.24) is 9.97 Å². The van der Waals surface area contributed by atoms with Gasteiger partial charge in [0.1, 0.15) is 17.8 Å². The lowest BCUT2D eigenvalue weighted by Gasteiger charge is -2.10. The van der Waals surface area contributed by atoms with Crippen molar-refractivity contribution in [2.24, 2.45) is 5.92 Å². The van der Waals surface area contributed by atoms with Crippen molar-refractivity contribution in [3.8, 4) is 11.1 Å². The van der Waals surface area contributed by atoms with E-state index < -0.39 is 17.9 Å². The van der Waals surface area contributed by atoms with Crippen LogP contribution >= 0.6 is 11.6 Å². The van der Waals surface area contributed by atoms with Gasteiger partial charge in [0.2, 0.25) is 5.91 Å². The molecule has 0 saturated heterocycles. The van der Waals surface area contributed by atoms with Gasteiger partial charge in [0.15, 0.2) is 0 Å². The van der Waals surface area contributed by atoms with Crippen LogP contribution in [-0.2, 0) is 4.79 Å². The second-order valence-electron chi connectivity index (χ2n) is 6.39. The Labute approximate surface area is 153 Å². The van der Waals surface area contributed by atoms with Gasteiger partial charge in [-0.3, -0.25) is 9.78 Å². The number of anilines is 1. The standard InChI is InChI=1S/C19H14ClF2N3O/c1-9-13(6-23-8-17(9)22)10-2-11-4-18(24-7-14(11)15(20)3-10)25-19(26)12-5-16(12)21/h2-4,6-8,12,16H,5H2,1H3,(H,24,25,26). The number of amides is 1. The van der Waals surface area contributed by atoms with Gasteiger partial charge < -0.3 is 5.32 Å². The van der Waals surface area contributed by atoms with Crippen LogP contribution in [0.5, 0.6) is 0 Å². The van der Waals surface area contributed by atoms with E-state index in [1.165, 1.54) is 0 Å². The van der Waals surface area contributed by atoms with E-state index in [2.05, 4.69) is 15.3 Å². The molecule has 0 aliphatic heterocycles. The van der Waals surface area contributed by atoms with Crippen LogP contribution in [0.1, 0.15) is 12.0 Å². The molecule has 1 aromatic carbocycles. The van der Waals surface area contributed by atoms with Gasteiger partial charge in [-0.1, -0.05) is 11.6 Å². The van der Waals surface area contributed by atoms with Gasteiger partial charge in [-0.2, -0.15) is 0 Å². The summed E-state index contributed by atoms with van der Waals surface area (Å²) >= 11 is 6.35. The van der Waals surface area contributed by atoms with Gasteiger partial charge >= 0.3 is 0 Å². The summed E-state index contributed by atoms with van der Waals surface area (Å²) in [5.41, 5.74) is 1.82. The lowest BCUT2D eigenvalue weighted by molar-refractivity contribution is -0.117. The number of nitrogens with zero attached hydrogens (tertiary/aromatic N) is 2. The zero-order chi connectivity index (χ0) is 18.4. The van der Waals surface area contributed by atoms with Gasteiger partial charge in [0, 0.05) is 23.3 Å². The fraction of sp³-hybridized carbons (Fsp3) is 0.211. The minimum atomic E-state index is -1.07. The van der Waals surface area contributed by atoms with Crippen LogP contribution in [-0.4, -0.2) is 22.0 Å². The number of fused-ring (bicyclic) bond motifs is 1. The van der Waals surface area contributed by atoms with E-state index in [0.29, 0.717) is 32.9 Å². The highest BCUT2D eigenvalue weighted by Crippen LogP contribution is 2.36. The van der Waals surface area contributed by atoms with E-state index in [1.54, 1.807) is 31.5 Å². The Morgan fingerprint density at radius 2 is 2.04 bits per heavy atom.